The lowest BCUT2D eigenvalue weighted by molar-refractivity contribution is -0.134. The zero-order valence-electron chi connectivity index (χ0n) is 14.4. The molecule has 1 aromatic heterocycles. The molecule has 138 valence electrons. The molecule has 1 saturated carbocycles. The lowest BCUT2D eigenvalue weighted by atomic mass is 10.1. The van der Waals surface area contributed by atoms with Crippen molar-refractivity contribution in [1.29, 1.82) is 0 Å². The topological polar surface area (TPSA) is 72.3 Å². The van der Waals surface area contributed by atoms with Crippen LogP contribution in [0.3, 0.4) is 0 Å². The summed E-state index contributed by atoms with van der Waals surface area (Å²) in [5.74, 6) is -0.489. The number of aryl methyl sites for hydroxylation is 1. The van der Waals surface area contributed by atoms with Gasteiger partial charge >= 0.3 is 0 Å². The van der Waals surface area contributed by atoms with Crippen LogP contribution in [0.5, 0.6) is 0 Å². The van der Waals surface area contributed by atoms with Gasteiger partial charge in [0.15, 0.2) is 9.84 Å². The highest BCUT2D eigenvalue weighted by molar-refractivity contribution is 7.91. The Morgan fingerprint density at radius 1 is 1.23 bits per heavy atom. The maximum absolute atomic E-state index is 13.1. The van der Waals surface area contributed by atoms with Crippen LogP contribution in [0.25, 0.3) is 0 Å². The third-order valence-electron chi connectivity index (χ3n) is 5.23. The van der Waals surface area contributed by atoms with Crippen molar-refractivity contribution in [2.75, 3.05) is 18.1 Å². The molecule has 0 N–H and O–H groups in total. The van der Waals surface area contributed by atoms with E-state index >= 15 is 0 Å². The van der Waals surface area contributed by atoms with Gasteiger partial charge in [-0.2, -0.15) is 5.10 Å². The lowest BCUT2D eigenvalue weighted by Gasteiger charge is -2.35. The smallest absolute Gasteiger partial charge is 0.226 e. The van der Waals surface area contributed by atoms with Gasteiger partial charge in [-0.05, 0) is 30.0 Å². The first-order valence-corrected chi connectivity index (χ1v) is 10.4. The maximum atomic E-state index is 13.1. The molecular weight excluding hydrogens is 357 g/mol. The largest absolute Gasteiger partial charge is 0.333 e. The van der Waals surface area contributed by atoms with Crippen molar-refractivity contribution in [2.24, 2.45) is 13.0 Å². The summed E-state index contributed by atoms with van der Waals surface area (Å²) in [7, 11) is -1.42. The monoisotopic (exact) mass is 377 g/mol. The fourth-order valence-corrected chi connectivity index (χ4v) is 5.21. The molecule has 2 heterocycles. The van der Waals surface area contributed by atoms with E-state index in [1.807, 2.05) is 0 Å². The molecule has 8 heteroatoms. The number of benzene rings is 1. The second-order valence-electron chi connectivity index (χ2n) is 7.11. The van der Waals surface area contributed by atoms with E-state index in [-0.39, 0.29) is 41.6 Å². The fourth-order valence-electron chi connectivity index (χ4n) is 3.72. The first-order valence-electron chi connectivity index (χ1n) is 8.59. The van der Waals surface area contributed by atoms with E-state index in [9.17, 15) is 17.6 Å². The number of hydrogen-bond donors (Lipinski definition) is 0. The zero-order valence-corrected chi connectivity index (χ0v) is 15.2. The van der Waals surface area contributed by atoms with Gasteiger partial charge in [-0.25, -0.2) is 12.8 Å². The fraction of sp³-hybridized carbons (Fsp3) is 0.444. The molecule has 1 saturated heterocycles. The minimum atomic E-state index is -3.19. The molecule has 0 bridgehead atoms. The first-order chi connectivity index (χ1) is 12.3. The summed E-state index contributed by atoms with van der Waals surface area (Å²) >= 11 is 0. The summed E-state index contributed by atoms with van der Waals surface area (Å²) in [6, 6.07) is 5.74. The van der Waals surface area contributed by atoms with E-state index in [1.165, 1.54) is 12.1 Å². The van der Waals surface area contributed by atoms with Gasteiger partial charge in [-0.15, -0.1) is 0 Å². The summed E-state index contributed by atoms with van der Waals surface area (Å²) in [5, 5.41) is 4.11. The number of nitrogens with zero attached hydrogens (tertiary/aromatic N) is 3. The van der Waals surface area contributed by atoms with Gasteiger partial charge in [-0.1, -0.05) is 12.1 Å². The highest BCUT2D eigenvalue weighted by atomic mass is 32.2. The highest BCUT2D eigenvalue weighted by Crippen LogP contribution is 2.49. The predicted molar refractivity (Wildman–Crippen MR) is 93.6 cm³/mol. The number of sulfone groups is 1. The standard InChI is InChI=1S/C18H20FN3O3S/c1-21-10-13(9-20-21)17-11-26(24,25)7-6-22(17)18(23)16-8-15(16)12-2-4-14(19)5-3-12/h2-5,9-10,15-17H,6-8,11H2,1H3/t15-,16+,17+/m1/s1. The van der Waals surface area contributed by atoms with Crippen LogP contribution < -0.4 is 0 Å². The summed E-state index contributed by atoms with van der Waals surface area (Å²) in [5.41, 5.74) is 1.69. The molecule has 0 unspecified atom stereocenters. The Morgan fingerprint density at radius 3 is 2.62 bits per heavy atom. The van der Waals surface area contributed by atoms with Crippen LogP contribution in [0.15, 0.2) is 36.7 Å². The molecule has 2 aromatic rings. The van der Waals surface area contributed by atoms with Gasteiger partial charge in [0.1, 0.15) is 5.82 Å². The van der Waals surface area contributed by atoms with E-state index in [1.54, 1.807) is 41.2 Å². The van der Waals surface area contributed by atoms with Crippen molar-refractivity contribution in [3.8, 4) is 0 Å². The predicted octanol–water partition coefficient (Wildman–Crippen LogP) is 1.66. The Kier molecular flexibility index (Phi) is 4.10. The molecule has 0 radical (unpaired) electrons. The lowest BCUT2D eigenvalue weighted by Crippen LogP contribution is -2.46. The van der Waals surface area contributed by atoms with Crippen molar-refractivity contribution in [2.45, 2.75) is 18.4 Å². The van der Waals surface area contributed by atoms with Crippen molar-refractivity contribution in [3.63, 3.8) is 0 Å². The molecule has 6 nitrogen and oxygen atoms in total. The van der Waals surface area contributed by atoms with Gasteiger partial charge in [0.25, 0.3) is 0 Å². The number of amides is 1. The summed E-state index contributed by atoms with van der Waals surface area (Å²) < 4.78 is 38.9. The number of rotatable bonds is 3. The summed E-state index contributed by atoms with van der Waals surface area (Å²) in [4.78, 5) is 14.7. The Morgan fingerprint density at radius 2 is 1.96 bits per heavy atom. The van der Waals surface area contributed by atoms with E-state index in [0.29, 0.717) is 6.42 Å². The minimum Gasteiger partial charge on any atom is -0.333 e. The van der Waals surface area contributed by atoms with Crippen LogP contribution in [0, 0.1) is 11.7 Å². The number of carbonyl (C=O) groups excluding carboxylic acids is 1. The Hall–Kier alpha value is -2.22. The molecule has 1 aromatic carbocycles. The van der Waals surface area contributed by atoms with E-state index < -0.39 is 15.9 Å². The SMILES string of the molecule is Cn1cc([C@@H]2CS(=O)(=O)CCN2C(=O)[C@H]2C[C@@H]2c2ccc(F)cc2)cn1. The molecule has 2 aliphatic rings. The Balaban J connectivity index is 1.55. The summed E-state index contributed by atoms with van der Waals surface area (Å²) in [6.07, 6.45) is 4.10. The van der Waals surface area contributed by atoms with Gasteiger partial charge in [0, 0.05) is 31.3 Å². The van der Waals surface area contributed by atoms with Crippen molar-refractivity contribution < 1.29 is 17.6 Å². The molecular formula is C18H20FN3O3S. The third kappa shape index (κ3) is 3.25. The highest BCUT2D eigenvalue weighted by Gasteiger charge is 2.48. The maximum Gasteiger partial charge on any atom is 0.226 e. The molecule has 2 fully saturated rings. The Bertz CT molecular complexity index is 939. The molecule has 3 atom stereocenters. The number of aromatic nitrogens is 2. The molecule has 4 rings (SSSR count). The van der Waals surface area contributed by atoms with Crippen LogP contribution >= 0.6 is 0 Å². The molecule has 26 heavy (non-hydrogen) atoms. The first kappa shape index (κ1) is 17.2. The van der Waals surface area contributed by atoms with Crippen LogP contribution in [-0.4, -0.2) is 47.1 Å². The average molecular weight is 377 g/mol. The minimum absolute atomic E-state index is 0.0105. The van der Waals surface area contributed by atoms with Crippen molar-refractivity contribution in [3.05, 3.63) is 53.6 Å². The quantitative estimate of drug-likeness (QED) is 0.816. The van der Waals surface area contributed by atoms with Crippen LogP contribution in [0.4, 0.5) is 4.39 Å². The Labute approximate surface area is 151 Å². The number of carbonyl (C=O) groups is 1. The second-order valence-corrected chi connectivity index (χ2v) is 9.34. The zero-order chi connectivity index (χ0) is 18.5. The normalized spacial score (nSPS) is 27.3. The van der Waals surface area contributed by atoms with Crippen molar-refractivity contribution >= 4 is 15.7 Å². The molecule has 0 spiro atoms. The van der Waals surface area contributed by atoms with Crippen LogP contribution in [0.1, 0.15) is 29.5 Å². The van der Waals surface area contributed by atoms with Crippen LogP contribution in [0.2, 0.25) is 0 Å². The van der Waals surface area contributed by atoms with E-state index in [0.717, 1.165) is 11.1 Å². The summed E-state index contributed by atoms with van der Waals surface area (Å²) in [6.45, 7) is 0.202. The molecule has 1 aliphatic heterocycles. The van der Waals surface area contributed by atoms with Crippen molar-refractivity contribution in [1.82, 2.24) is 14.7 Å². The third-order valence-corrected chi connectivity index (χ3v) is 6.86. The molecule has 1 amide bonds. The number of hydrogen-bond acceptors (Lipinski definition) is 4. The second kappa shape index (κ2) is 6.19. The van der Waals surface area contributed by atoms with Gasteiger partial charge < -0.3 is 4.90 Å². The van der Waals surface area contributed by atoms with E-state index in [4.69, 9.17) is 0 Å². The van der Waals surface area contributed by atoms with Gasteiger partial charge in [-0.3, -0.25) is 9.48 Å². The molecule has 1 aliphatic carbocycles. The average Bonchev–Trinajstić information content (AvgIpc) is 3.28. The number of halogens is 1. The van der Waals surface area contributed by atoms with Crippen LogP contribution in [-0.2, 0) is 21.7 Å². The van der Waals surface area contributed by atoms with Gasteiger partial charge in [0.2, 0.25) is 5.91 Å². The van der Waals surface area contributed by atoms with Gasteiger partial charge in [0.05, 0.1) is 23.7 Å². The van der Waals surface area contributed by atoms with E-state index in [2.05, 4.69) is 5.10 Å².